The zero-order chi connectivity index (χ0) is 20.8. The molecule has 6 nitrogen and oxygen atoms in total. The molecule has 0 bridgehead atoms. The van der Waals surface area contributed by atoms with Gasteiger partial charge in [-0.2, -0.15) is 5.06 Å². The van der Waals surface area contributed by atoms with Gasteiger partial charge in [-0.05, 0) is 63.1 Å². The highest BCUT2D eigenvalue weighted by Gasteiger charge is 2.54. The highest BCUT2D eigenvalue weighted by atomic mass is 16.7. The number of amides is 1. The minimum atomic E-state index is -0.669. The minimum absolute atomic E-state index is 0.0450. The molecule has 29 heavy (non-hydrogen) atoms. The van der Waals surface area contributed by atoms with Crippen molar-refractivity contribution in [2.45, 2.75) is 58.1 Å². The number of rotatable bonds is 4. The Balaban J connectivity index is 1.78. The number of hydroxylamine groups is 2. The number of ether oxygens (including phenoxy) is 1. The van der Waals surface area contributed by atoms with Gasteiger partial charge in [0, 0.05) is 26.2 Å². The van der Waals surface area contributed by atoms with E-state index in [9.17, 15) is 9.90 Å². The van der Waals surface area contributed by atoms with E-state index in [4.69, 9.17) is 9.57 Å². The van der Waals surface area contributed by atoms with E-state index in [2.05, 4.69) is 19.1 Å². The lowest BCUT2D eigenvalue weighted by atomic mass is 9.84. The van der Waals surface area contributed by atoms with Crippen LogP contribution >= 0.6 is 0 Å². The third-order valence-electron chi connectivity index (χ3n) is 6.80. The predicted octanol–water partition coefficient (Wildman–Crippen LogP) is 3.30. The van der Waals surface area contributed by atoms with E-state index in [-0.39, 0.29) is 17.8 Å². The van der Waals surface area contributed by atoms with Gasteiger partial charge < -0.3 is 19.6 Å². The Morgan fingerprint density at radius 2 is 1.86 bits per heavy atom. The number of aryl methyl sites for hydroxylation is 3. The molecule has 3 aliphatic heterocycles. The molecule has 1 unspecified atom stereocenters. The number of hydrogen-bond donors (Lipinski definition) is 1. The summed E-state index contributed by atoms with van der Waals surface area (Å²) in [5.41, 5.74) is 3.90. The van der Waals surface area contributed by atoms with Crippen molar-refractivity contribution in [2.75, 3.05) is 33.4 Å². The van der Waals surface area contributed by atoms with E-state index in [0.717, 1.165) is 41.7 Å². The summed E-state index contributed by atoms with van der Waals surface area (Å²) in [6.07, 6.45) is 3.34. The van der Waals surface area contributed by atoms with Crippen molar-refractivity contribution >= 4 is 11.5 Å². The van der Waals surface area contributed by atoms with Crippen LogP contribution in [-0.2, 0) is 14.4 Å². The maximum Gasteiger partial charge on any atom is 0.258 e. The standard InChI is InChI=1S/C23H32N2O4/c1-15-12-16(2)19(17(3)13-15)20-21(26)23(7-9-24(28-4)10-8-23)25(22(20)27)14-18-6-5-11-29-18/h12-13,18,26H,5-11,14H2,1-4H3. The molecule has 1 N–H and O–H groups in total. The number of piperidine rings is 1. The molecule has 0 saturated carbocycles. The molecule has 2 saturated heterocycles. The van der Waals surface area contributed by atoms with Crippen LogP contribution < -0.4 is 0 Å². The summed E-state index contributed by atoms with van der Waals surface area (Å²) < 4.78 is 5.85. The predicted molar refractivity (Wildman–Crippen MR) is 111 cm³/mol. The van der Waals surface area contributed by atoms with Crippen LogP contribution in [-0.4, -0.2) is 66.0 Å². The molecular weight excluding hydrogens is 368 g/mol. The fraction of sp³-hybridized carbons (Fsp3) is 0.609. The molecule has 1 aromatic rings. The van der Waals surface area contributed by atoms with Crippen LogP contribution in [0.15, 0.2) is 17.9 Å². The zero-order valence-corrected chi connectivity index (χ0v) is 18.0. The van der Waals surface area contributed by atoms with Gasteiger partial charge in [0.05, 0.1) is 18.8 Å². The van der Waals surface area contributed by atoms with Crippen molar-refractivity contribution in [1.82, 2.24) is 9.96 Å². The third-order valence-corrected chi connectivity index (χ3v) is 6.80. The van der Waals surface area contributed by atoms with Gasteiger partial charge in [-0.3, -0.25) is 4.79 Å². The summed E-state index contributed by atoms with van der Waals surface area (Å²) in [7, 11) is 1.67. The molecule has 1 amide bonds. The van der Waals surface area contributed by atoms with E-state index in [0.29, 0.717) is 38.0 Å². The number of aliphatic hydroxyl groups is 1. The van der Waals surface area contributed by atoms with E-state index in [1.54, 1.807) is 7.11 Å². The third kappa shape index (κ3) is 3.37. The van der Waals surface area contributed by atoms with E-state index >= 15 is 0 Å². The summed E-state index contributed by atoms with van der Waals surface area (Å²) in [5, 5.41) is 13.4. The van der Waals surface area contributed by atoms with E-state index in [1.807, 2.05) is 23.8 Å². The maximum absolute atomic E-state index is 13.7. The molecule has 6 heteroatoms. The molecule has 1 spiro atoms. The Labute approximate surface area is 173 Å². The second-order valence-electron chi connectivity index (χ2n) is 8.69. The summed E-state index contributed by atoms with van der Waals surface area (Å²) in [4.78, 5) is 21.0. The zero-order valence-electron chi connectivity index (χ0n) is 18.0. The molecule has 0 aliphatic carbocycles. The summed E-state index contributed by atoms with van der Waals surface area (Å²) in [5.74, 6) is 0.158. The second-order valence-corrected chi connectivity index (χ2v) is 8.69. The summed E-state index contributed by atoms with van der Waals surface area (Å²) in [6.45, 7) is 8.73. The number of hydrogen-bond acceptors (Lipinski definition) is 5. The van der Waals surface area contributed by atoms with Gasteiger partial charge in [0.15, 0.2) is 0 Å². The van der Waals surface area contributed by atoms with Crippen LogP contribution in [0.2, 0.25) is 0 Å². The summed E-state index contributed by atoms with van der Waals surface area (Å²) >= 11 is 0. The minimum Gasteiger partial charge on any atom is -0.509 e. The van der Waals surface area contributed by atoms with Crippen molar-refractivity contribution in [3.8, 4) is 0 Å². The van der Waals surface area contributed by atoms with Crippen LogP contribution in [0.3, 0.4) is 0 Å². The van der Waals surface area contributed by atoms with Gasteiger partial charge in [0.1, 0.15) is 11.3 Å². The second kappa shape index (κ2) is 7.74. The normalized spacial score (nSPS) is 24.9. The fourth-order valence-corrected chi connectivity index (χ4v) is 5.39. The average molecular weight is 401 g/mol. The molecular formula is C23H32N2O4. The van der Waals surface area contributed by atoms with Gasteiger partial charge >= 0.3 is 0 Å². The Morgan fingerprint density at radius 1 is 1.21 bits per heavy atom. The van der Waals surface area contributed by atoms with Gasteiger partial charge in [-0.25, -0.2) is 0 Å². The molecule has 158 valence electrons. The van der Waals surface area contributed by atoms with Crippen LogP contribution in [0.1, 0.15) is 47.9 Å². The number of nitrogens with zero attached hydrogens (tertiary/aromatic N) is 2. The Bertz CT molecular complexity index is 810. The lowest BCUT2D eigenvalue weighted by molar-refractivity contribution is -0.165. The van der Waals surface area contributed by atoms with Gasteiger partial charge in [-0.1, -0.05) is 17.7 Å². The van der Waals surface area contributed by atoms with Gasteiger partial charge in [0.25, 0.3) is 5.91 Å². The van der Waals surface area contributed by atoms with Gasteiger partial charge in [0.2, 0.25) is 0 Å². The molecule has 3 aliphatic rings. The van der Waals surface area contributed by atoms with Crippen molar-refractivity contribution in [3.05, 3.63) is 40.1 Å². The van der Waals surface area contributed by atoms with Crippen molar-refractivity contribution in [1.29, 1.82) is 0 Å². The lowest BCUT2D eigenvalue weighted by Gasteiger charge is -2.44. The van der Waals surface area contributed by atoms with Crippen LogP contribution in [0, 0.1) is 20.8 Å². The van der Waals surface area contributed by atoms with Crippen molar-refractivity contribution in [3.63, 3.8) is 0 Å². The maximum atomic E-state index is 13.7. The number of aliphatic hydroxyl groups excluding tert-OH is 1. The van der Waals surface area contributed by atoms with E-state index in [1.165, 1.54) is 0 Å². The first kappa shape index (κ1) is 20.4. The van der Waals surface area contributed by atoms with Crippen LogP contribution in [0.25, 0.3) is 5.57 Å². The van der Waals surface area contributed by atoms with Gasteiger partial charge in [-0.15, -0.1) is 0 Å². The van der Waals surface area contributed by atoms with Crippen LogP contribution in [0.4, 0.5) is 0 Å². The number of benzene rings is 1. The highest BCUT2D eigenvalue weighted by molar-refractivity contribution is 6.23. The molecule has 1 aromatic carbocycles. The Hall–Kier alpha value is -1.89. The number of carbonyl (C=O) groups excluding carboxylic acids is 1. The Kier molecular flexibility index (Phi) is 5.44. The first-order chi connectivity index (χ1) is 13.9. The molecule has 4 rings (SSSR count). The average Bonchev–Trinajstić information content (AvgIpc) is 3.26. The molecule has 3 heterocycles. The van der Waals surface area contributed by atoms with Crippen LogP contribution in [0.5, 0.6) is 0 Å². The SMILES string of the molecule is CON1CCC2(CC1)C(O)=C(c1c(C)cc(C)cc1C)C(=O)N2CC1CCCO1. The largest absolute Gasteiger partial charge is 0.509 e. The summed E-state index contributed by atoms with van der Waals surface area (Å²) in [6, 6.07) is 4.16. The molecule has 0 aromatic heterocycles. The first-order valence-corrected chi connectivity index (χ1v) is 10.6. The van der Waals surface area contributed by atoms with Crippen molar-refractivity contribution in [2.24, 2.45) is 0 Å². The topological polar surface area (TPSA) is 62.2 Å². The van der Waals surface area contributed by atoms with Crippen molar-refractivity contribution < 1.29 is 19.5 Å². The lowest BCUT2D eigenvalue weighted by Crippen LogP contribution is -2.56. The molecule has 1 atom stereocenters. The molecule has 2 fully saturated rings. The molecule has 0 radical (unpaired) electrons. The smallest absolute Gasteiger partial charge is 0.258 e. The quantitative estimate of drug-likeness (QED) is 0.840. The highest BCUT2D eigenvalue weighted by Crippen LogP contribution is 2.46. The fourth-order valence-electron chi connectivity index (χ4n) is 5.39. The number of carbonyl (C=O) groups is 1. The van der Waals surface area contributed by atoms with E-state index < -0.39 is 5.54 Å². The Morgan fingerprint density at radius 3 is 2.41 bits per heavy atom. The first-order valence-electron chi connectivity index (χ1n) is 10.6. The monoisotopic (exact) mass is 400 g/mol.